The second kappa shape index (κ2) is 4.37. The van der Waals surface area contributed by atoms with E-state index in [1.807, 2.05) is 30.3 Å². The van der Waals surface area contributed by atoms with Gasteiger partial charge in [0.15, 0.2) is 0 Å². The predicted molar refractivity (Wildman–Crippen MR) is 58.7 cm³/mol. The van der Waals surface area contributed by atoms with Crippen molar-refractivity contribution in [1.29, 1.82) is 0 Å². The fourth-order valence-corrected chi connectivity index (χ4v) is 1.17. The molecule has 0 aliphatic rings. The van der Waals surface area contributed by atoms with Crippen molar-refractivity contribution in [2.45, 2.75) is 0 Å². The molecule has 1 N–H and O–H groups in total. The van der Waals surface area contributed by atoms with Crippen molar-refractivity contribution in [3.63, 3.8) is 0 Å². The first-order chi connectivity index (χ1) is 7.34. The summed E-state index contributed by atoms with van der Waals surface area (Å²) < 4.78 is 0. The van der Waals surface area contributed by atoms with E-state index in [1.165, 1.54) is 0 Å². The molecular weight excluding hydrogens is 188 g/mol. The predicted octanol–water partition coefficient (Wildman–Crippen LogP) is 3.81. The summed E-state index contributed by atoms with van der Waals surface area (Å²) in [6.45, 7) is 0. The maximum absolute atomic E-state index is 9.21. The molecule has 2 aromatic rings. The molecule has 0 atom stereocenters. The van der Waals surface area contributed by atoms with Crippen LogP contribution < -0.4 is 0 Å². The van der Waals surface area contributed by atoms with Crippen LogP contribution in [0.4, 0.5) is 11.4 Å². The minimum Gasteiger partial charge on any atom is -0.508 e. The maximum Gasteiger partial charge on any atom is 0.117 e. The van der Waals surface area contributed by atoms with Gasteiger partial charge in [0.1, 0.15) is 5.75 Å². The Bertz CT molecular complexity index is 466. The molecule has 0 saturated heterocycles. The summed E-state index contributed by atoms with van der Waals surface area (Å²) in [6.07, 6.45) is 0. The van der Waals surface area contributed by atoms with Gasteiger partial charge in [0.05, 0.1) is 11.4 Å². The molecule has 0 heterocycles. The SMILES string of the molecule is Oc1cccc(/N=N/c2ccccc2)c1. The van der Waals surface area contributed by atoms with E-state index in [4.69, 9.17) is 0 Å². The molecule has 2 rings (SSSR count). The smallest absolute Gasteiger partial charge is 0.117 e. The lowest BCUT2D eigenvalue weighted by atomic mass is 10.3. The normalized spacial score (nSPS) is 10.7. The fourth-order valence-electron chi connectivity index (χ4n) is 1.17. The van der Waals surface area contributed by atoms with Gasteiger partial charge in [-0.15, -0.1) is 0 Å². The van der Waals surface area contributed by atoms with E-state index in [2.05, 4.69) is 10.2 Å². The fraction of sp³-hybridized carbons (Fsp3) is 0. The van der Waals surface area contributed by atoms with Crippen LogP contribution in [-0.4, -0.2) is 5.11 Å². The number of hydrogen-bond donors (Lipinski definition) is 1. The van der Waals surface area contributed by atoms with Gasteiger partial charge in [0, 0.05) is 6.07 Å². The van der Waals surface area contributed by atoms with Crippen molar-refractivity contribution in [1.82, 2.24) is 0 Å². The zero-order chi connectivity index (χ0) is 10.5. The average Bonchev–Trinajstić information content (AvgIpc) is 2.28. The highest BCUT2D eigenvalue weighted by Crippen LogP contribution is 2.21. The molecule has 3 heteroatoms. The number of rotatable bonds is 2. The molecule has 2 aromatic carbocycles. The molecule has 15 heavy (non-hydrogen) atoms. The van der Waals surface area contributed by atoms with Crippen LogP contribution in [0.25, 0.3) is 0 Å². The third-order valence-corrected chi connectivity index (χ3v) is 1.87. The van der Waals surface area contributed by atoms with Gasteiger partial charge < -0.3 is 5.11 Å². The van der Waals surface area contributed by atoms with Crippen LogP contribution in [0.3, 0.4) is 0 Å². The number of nitrogens with zero attached hydrogens (tertiary/aromatic N) is 2. The Hall–Kier alpha value is -2.16. The van der Waals surface area contributed by atoms with Crippen LogP contribution in [0.2, 0.25) is 0 Å². The van der Waals surface area contributed by atoms with Crippen LogP contribution in [0.15, 0.2) is 64.8 Å². The lowest BCUT2D eigenvalue weighted by Gasteiger charge is -1.93. The molecular formula is C12H10N2O. The van der Waals surface area contributed by atoms with Crippen LogP contribution in [0, 0.1) is 0 Å². The molecule has 0 fully saturated rings. The van der Waals surface area contributed by atoms with Gasteiger partial charge in [-0.2, -0.15) is 10.2 Å². The van der Waals surface area contributed by atoms with Gasteiger partial charge in [-0.05, 0) is 24.3 Å². The quantitative estimate of drug-likeness (QED) is 0.732. The van der Waals surface area contributed by atoms with Gasteiger partial charge in [0.25, 0.3) is 0 Å². The Morgan fingerprint density at radius 2 is 1.40 bits per heavy atom. The summed E-state index contributed by atoms with van der Waals surface area (Å²) in [7, 11) is 0. The minimum atomic E-state index is 0.194. The van der Waals surface area contributed by atoms with Crippen molar-refractivity contribution < 1.29 is 5.11 Å². The molecule has 0 bridgehead atoms. The molecule has 0 aliphatic heterocycles. The summed E-state index contributed by atoms with van der Waals surface area (Å²) in [4.78, 5) is 0. The lowest BCUT2D eigenvalue weighted by Crippen LogP contribution is -1.65. The molecule has 0 aliphatic carbocycles. The number of hydrogen-bond acceptors (Lipinski definition) is 3. The van der Waals surface area contributed by atoms with Gasteiger partial charge in [-0.1, -0.05) is 24.3 Å². The van der Waals surface area contributed by atoms with E-state index in [-0.39, 0.29) is 5.75 Å². The topological polar surface area (TPSA) is 45.0 Å². The van der Waals surface area contributed by atoms with E-state index in [0.29, 0.717) is 5.69 Å². The summed E-state index contributed by atoms with van der Waals surface area (Å²) in [5.74, 6) is 0.194. The lowest BCUT2D eigenvalue weighted by molar-refractivity contribution is 0.475. The molecule has 0 amide bonds. The Balaban J connectivity index is 2.19. The van der Waals surface area contributed by atoms with Crippen molar-refractivity contribution in [2.75, 3.05) is 0 Å². The van der Waals surface area contributed by atoms with Gasteiger partial charge in [-0.3, -0.25) is 0 Å². The van der Waals surface area contributed by atoms with E-state index < -0.39 is 0 Å². The Morgan fingerprint density at radius 1 is 0.733 bits per heavy atom. The molecule has 0 spiro atoms. The first-order valence-electron chi connectivity index (χ1n) is 4.60. The Morgan fingerprint density at radius 3 is 2.13 bits per heavy atom. The molecule has 74 valence electrons. The van der Waals surface area contributed by atoms with Crippen LogP contribution in [0.5, 0.6) is 5.75 Å². The second-order valence-electron chi connectivity index (χ2n) is 3.06. The first-order valence-corrected chi connectivity index (χ1v) is 4.60. The van der Waals surface area contributed by atoms with E-state index in [1.54, 1.807) is 24.3 Å². The Labute approximate surface area is 87.7 Å². The summed E-state index contributed by atoms with van der Waals surface area (Å²) in [6, 6.07) is 16.1. The summed E-state index contributed by atoms with van der Waals surface area (Å²) in [5.41, 5.74) is 1.43. The number of benzene rings is 2. The highest BCUT2D eigenvalue weighted by atomic mass is 16.3. The standard InChI is InChI=1S/C12H10N2O/c15-12-8-4-7-11(9-12)14-13-10-5-2-1-3-6-10/h1-9,15H/b14-13+. The number of phenolic OH excluding ortho intramolecular Hbond substituents is 1. The van der Waals surface area contributed by atoms with Crippen molar-refractivity contribution in [3.8, 4) is 5.75 Å². The van der Waals surface area contributed by atoms with Crippen LogP contribution in [-0.2, 0) is 0 Å². The monoisotopic (exact) mass is 198 g/mol. The van der Waals surface area contributed by atoms with Crippen LogP contribution in [0.1, 0.15) is 0 Å². The van der Waals surface area contributed by atoms with Gasteiger partial charge in [-0.25, -0.2) is 0 Å². The molecule has 0 aromatic heterocycles. The van der Waals surface area contributed by atoms with Crippen molar-refractivity contribution in [3.05, 3.63) is 54.6 Å². The first kappa shape index (κ1) is 9.40. The third-order valence-electron chi connectivity index (χ3n) is 1.87. The van der Waals surface area contributed by atoms with E-state index in [0.717, 1.165) is 5.69 Å². The van der Waals surface area contributed by atoms with Crippen LogP contribution >= 0.6 is 0 Å². The summed E-state index contributed by atoms with van der Waals surface area (Å²) in [5, 5.41) is 17.2. The van der Waals surface area contributed by atoms with Crippen molar-refractivity contribution >= 4 is 11.4 Å². The average molecular weight is 198 g/mol. The van der Waals surface area contributed by atoms with E-state index >= 15 is 0 Å². The summed E-state index contributed by atoms with van der Waals surface area (Å²) >= 11 is 0. The number of phenols is 1. The third kappa shape index (κ3) is 2.64. The highest BCUT2D eigenvalue weighted by Gasteiger charge is 1.91. The second-order valence-corrected chi connectivity index (χ2v) is 3.06. The zero-order valence-corrected chi connectivity index (χ0v) is 8.04. The molecule has 0 unspecified atom stereocenters. The van der Waals surface area contributed by atoms with Crippen molar-refractivity contribution in [2.24, 2.45) is 10.2 Å². The van der Waals surface area contributed by atoms with E-state index in [9.17, 15) is 5.11 Å². The van der Waals surface area contributed by atoms with Gasteiger partial charge in [0.2, 0.25) is 0 Å². The zero-order valence-electron chi connectivity index (χ0n) is 8.04. The molecule has 0 radical (unpaired) electrons. The Kier molecular flexibility index (Phi) is 2.74. The highest BCUT2D eigenvalue weighted by molar-refractivity contribution is 5.43. The molecule has 0 saturated carbocycles. The maximum atomic E-state index is 9.21. The van der Waals surface area contributed by atoms with Gasteiger partial charge >= 0.3 is 0 Å². The largest absolute Gasteiger partial charge is 0.508 e. The minimum absolute atomic E-state index is 0.194. The molecule has 3 nitrogen and oxygen atoms in total. The number of aromatic hydroxyl groups is 1. The number of azo groups is 1.